The van der Waals surface area contributed by atoms with Crippen LogP contribution in [-0.4, -0.2) is 20.7 Å². The van der Waals surface area contributed by atoms with E-state index in [1.807, 2.05) is 0 Å². The second-order valence-corrected chi connectivity index (χ2v) is 7.67. The molecule has 5 nitrogen and oxygen atoms in total. The van der Waals surface area contributed by atoms with E-state index in [1.54, 1.807) is 12.1 Å². The summed E-state index contributed by atoms with van der Waals surface area (Å²) in [4.78, 5) is 14.8. The minimum absolute atomic E-state index is 0.227. The minimum Gasteiger partial charge on any atom is -0.388 e. The maximum atomic E-state index is 13.2. The normalized spacial score (nSPS) is 19.0. The molecule has 1 heterocycles. The van der Waals surface area contributed by atoms with Crippen molar-refractivity contribution in [1.29, 1.82) is 0 Å². The summed E-state index contributed by atoms with van der Waals surface area (Å²) in [6, 6.07) is 15.2. The van der Waals surface area contributed by atoms with Crippen LogP contribution in [-0.2, 0) is 13.1 Å². The molecule has 2 aliphatic carbocycles. The van der Waals surface area contributed by atoms with E-state index in [1.165, 1.54) is 27.9 Å². The maximum absolute atomic E-state index is 13.2. The maximum Gasteiger partial charge on any atom is 0.438 e. The summed E-state index contributed by atoms with van der Waals surface area (Å²) >= 11 is 0. The van der Waals surface area contributed by atoms with Gasteiger partial charge in [0.25, 0.3) is 0 Å². The topological polar surface area (TPSA) is 51.3 Å². The fraction of sp³-hybridized carbons (Fsp3) is 0.364. The van der Waals surface area contributed by atoms with Crippen molar-refractivity contribution in [3.63, 3.8) is 0 Å². The van der Waals surface area contributed by atoms with Crippen molar-refractivity contribution in [3.05, 3.63) is 76.0 Å². The number of halogens is 1. The van der Waals surface area contributed by atoms with Crippen LogP contribution < -0.4 is 5.76 Å². The Morgan fingerprint density at radius 3 is 2.68 bits per heavy atom. The predicted octanol–water partition coefficient (Wildman–Crippen LogP) is 4.14. The number of aryl methyl sites for hydroxylation is 1. The third kappa shape index (κ3) is 3.29. The molecule has 0 aliphatic heterocycles. The number of hydrogen-bond acceptors (Lipinski definition) is 4. The molecule has 6 heteroatoms. The summed E-state index contributed by atoms with van der Waals surface area (Å²) < 4.78 is 19.9. The average molecular weight is 379 g/mol. The van der Waals surface area contributed by atoms with Crippen molar-refractivity contribution in [2.24, 2.45) is 0 Å². The summed E-state index contributed by atoms with van der Waals surface area (Å²) in [5.74, 6) is -0.583. The summed E-state index contributed by atoms with van der Waals surface area (Å²) in [7, 11) is 0. The van der Waals surface area contributed by atoms with Crippen molar-refractivity contribution in [3.8, 4) is 11.5 Å². The van der Waals surface area contributed by atoms with Crippen LogP contribution in [0.3, 0.4) is 0 Å². The van der Waals surface area contributed by atoms with E-state index in [9.17, 15) is 9.18 Å². The smallest absolute Gasteiger partial charge is 0.388 e. The molecule has 5 rings (SSSR count). The lowest BCUT2D eigenvalue weighted by molar-refractivity contribution is 0.115. The minimum atomic E-state index is -0.478. The molecular weight excluding hydrogens is 357 g/mol. The van der Waals surface area contributed by atoms with Crippen LogP contribution >= 0.6 is 0 Å². The van der Waals surface area contributed by atoms with Gasteiger partial charge in [-0.1, -0.05) is 24.3 Å². The third-order valence-electron chi connectivity index (χ3n) is 5.75. The standard InChI is InChI=1S/C22H22FN3O2/c23-17-10-8-16(9-11-17)21-24-26(22(27)28-21)14-25(18-12-13-18)20-7-3-5-15-4-1-2-6-19(15)20/h1-2,4,6,8-11,18,20H,3,5,7,12-14H2. The molecule has 0 N–H and O–H groups in total. The molecule has 0 amide bonds. The van der Waals surface area contributed by atoms with Gasteiger partial charge in [-0.25, -0.2) is 9.18 Å². The van der Waals surface area contributed by atoms with Crippen LogP contribution in [0.4, 0.5) is 4.39 Å². The van der Waals surface area contributed by atoms with E-state index < -0.39 is 5.76 Å². The zero-order valence-corrected chi connectivity index (χ0v) is 15.6. The lowest BCUT2D eigenvalue weighted by Crippen LogP contribution is -2.37. The number of aromatic nitrogens is 2. The van der Waals surface area contributed by atoms with Gasteiger partial charge in [0.1, 0.15) is 12.5 Å². The zero-order chi connectivity index (χ0) is 19.1. The Morgan fingerprint density at radius 1 is 1.11 bits per heavy atom. The number of fused-ring (bicyclic) bond motifs is 1. The third-order valence-corrected chi connectivity index (χ3v) is 5.75. The molecule has 2 aromatic carbocycles. The average Bonchev–Trinajstić information content (AvgIpc) is 3.49. The Bertz CT molecular complexity index is 1040. The second kappa shape index (κ2) is 7.02. The molecule has 1 fully saturated rings. The molecule has 1 unspecified atom stereocenters. The van der Waals surface area contributed by atoms with Crippen molar-refractivity contribution in [2.45, 2.75) is 50.9 Å². The molecule has 0 saturated heterocycles. The van der Waals surface area contributed by atoms with Crippen LogP contribution in [0.1, 0.15) is 42.9 Å². The fourth-order valence-electron chi connectivity index (χ4n) is 4.21. The highest BCUT2D eigenvalue weighted by atomic mass is 19.1. The van der Waals surface area contributed by atoms with Gasteiger partial charge in [-0.3, -0.25) is 4.90 Å². The highest BCUT2D eigenvalue weighted by Crippen LogP contribution is 2.40. The molecule has 0 radical (unpaired) electrons. The molecule has 1 saturated carbocycles. The molecule has 1 aromatic heterocycles. The Labute approximate surface area is 162 Å². The van der Waals surface area contributed by atoms with Crippen LogP contribution in [0.25, 0.3) is 11.5 Å². The van der Waals surface area contributed by atoms with E-state index in [-0.39, 0.29) is 11.7 Å². The Balaban J connectivity index is 1.44. The first kappa shape index (κ1) is 17.4. The van der Waals surface area contributed by atoms with E-state index in [4.69, 9.17) is 4.42 Å². The lowest BCUT2D eigenvalue weighted by atomic mass is 9.87. The fourth-order valence-corrected chi connectivity index (χ4v) is 4.21. The molecule has 1 atom stereocenters. The summed E-state index contributed by atoms with van der Waals surface area (Å²) in [5.41, 5.74) is 3.37. The summed E-state index contributed by atoms with van der Waals surface area (Å²) in [5, 5.41) is 4.38. The predicted molar refractivity (Wildman–Crippen MR) is 103 cm³/mol. The van der Waals surface area contributed by atoms with E-state index in [2.05, 4.69) is 34.3 Å². The number of rotatable bonds is 5. The van der Waals surface area contributed by atoms with Crippen LogP contribution in [0, 0.1) is 5.82 Å². The van der Waals surface area contributed by atoms with E-state index in [0.717, 1.165) is 32.1 Å². The van der Waals surface area contributed by atoms with Gasteiger partial charge in [0, 0.05) is 17.6 Å². The van der Waals surface area contributed by atoms with Crippen LogP contribution in [0.2, 0.25) is 0 Å². The van der Waals surface area contributed by atoms with E-state index in [0.29, 0.717) is 24.3 Å². The molecule has 28 heavy (non-hydrogen) atoms. The Kier molecular flexibility index (Phi) is 4.36. The zero-order valence-electron chi connectivity index (χ0n) is 15.6. The largest absolute Gasteiger partial charge is 0.438 e. The SMILES string of the molecule is O=c1oc(-c2ccc(F)cc2)nn1CN(C1CC1)C1CCCc2ccccc21. The van der Waals surface area contributed by atoms with Gasteiger partial charge in [-0.15, -0.1) is 5.10 Å². The molecule has 0 bridgehead atoms. The Hall–Kier alpha value is -2.73. The Morgan fingerprint density at radius 2 is 1.89 bits per heavy atom. The molecule has 3 aromatic rings. The summed E-state index contributed by atoms with van der Waals surface area (Å²) in [6.07, 6.45) is 5.65. The highest BCUT2D eigenvalue weighted by Gasteiger charge is 2.37. The van der Waals surface area contributed by atoms with Gasteiger partial charge in [0.2, 0.25) is 5.89 Å². The quantitative estimate of drug-likeness (QED) is 0.669. The van der Waals surface area contributed by atoms with Gasteiger partial charge < -0.3 is 4.42 Å². The first-order chi connectivity index (χ1) is 13.7. The lowest BCUT2D eigenvalue weighted by Gasteiger charge is -2.35. The monoisotopic (exact) mass is 379 g/mol. The van der Waals surface area contributed by atoms with Crippen LogP contribution in [0.15, 0.2) is 57.7 Å². The molecule has 144 valence electrons. The van der Waals surface area contributed by atoms with Gasteiger partial charge in [-0.05, 0) is 67.5 Å². The van der Waals surface area contributed by atoms with E-state index >= 15 is 0 Å². The first-order valence-corrected chi connectivity index (χ1v) is 9.86. The number of benzene rings is 2. The van der Waals surface area contributed by atoms with Crippen molar-refractivity contribution in [2.75, 3.05) is 0 Å². The molecular formula is C22H22FN3O2. The number of nitrogens with zero attached hydrogens (tertiary/aromatic N) is 3. The van der Waals surface area contributed by atoms with Crippen molar-refractivity contribution >= 4 is 0 Å². The second-order valence-electron chi connectivity index (χ2n) is 7.67. The van der Waals surface area contributed by atoms with Gasteiger partial charge in [-0.2, -0.15) is 4.68 Å². The molecule has 0 spiro atoms. The molecule has 2 aliphatic rings. The van der Waals surface area contributed by atoms with Crippen LogP contribution in [0.5, 0.6) is 0 Å². The summed E-state index contributed by atoms with van der Waals surface area (Å²) in [6.45, 7) is 0.410. The van der Waals surface area contributed by atoms with Crippen molar-refractivity contribution in [1.82, 2.24) is 14.7 Å². The first-order valence-electron chi connectivity index (χ1n) is 9.86. The number of hydrogen-bond donors (Lipinski definition) is 0. The van der Waals surface area contributed by atoms with Gasteiger partial charge in [0.15, 0.2) is 0 Å². The van der Waals surface area contributed by atoms with Gasteiger partial charge >= 0.3 is 5.76 Å². The van der Waals surface area contributed by atoms with Gasteiger partial charge in [0.05, 0.1) is 0 Å². The highest BCUT2D eigenvalue weighted by molar-refractivity contribution is 5.51. The van der Waals surface area contributed by atoms with Crippen molar-refractivity contribution < 1.29 is 8.81 Å².